The van der Waals surface area contributed by atoms with Gasteiger partial charge in [0.15, 0.2) is 0 Å². The summed E-state index contributed by atoms with van der Waals surface area (Å²) in [7, 11) is 0. The van der Waals surface area contributed by atoms with E-state index in [0.717, 1.165) is 27.7 Å². The molecule has 3 rings (SSSR count). The minimum atomic E-state index is -0.181. The van der Waals surface area contributed by atoms with Crippen LogP contribution in [0.1, 0.15) is 34.2 Å². The van der Waals surface area contributed by atoms with Crippen molar-refractivity contribution in [1.82, 2.24) is 15.2 Å². The number of hydrogen-bond acceptors (Lipinski definition) is 6. The molecule has 2 heterocycles. The molecule has 24 heavy (non-hydrogen) atoms. The highest BCUT2D eigenvalue weighted by molar-refractivity contribution is 7.17. The van der Waals surface area contributed by atoms with Crippen molar-refractivity contribution in [2.45, 2.75) is 27.2 Å². The van der Waals surface area contributed by atoms with Crippen LogP contribution in [0, 0.1) is 12.8 Å². The molecule has 1 aromatic carbocycles. The van der Waals surface area contributed by atoms with E-state index in [2.05, 4.69) is 34.3 Å². The lowest BCUT2D eigenvalue weighted by Gasteiger charge is -1.99. The molecule has 0 unspecified atom stereocenters. The van der Waals surface area contributed by atoms with E-state index < -0.39 is 0 Å². The minimum absolute atomic E-state index is 0.181. The topological polar surface area (TPSA) is 67.8 Å². The van der Waals surface area contributed by atoms with Crippen LogP contribution in [-0.2, 0) is 6.42 Å². The van der Waals surface area contributed by atoms with Crippen molar-refractivity contribution < 1.29 is 4.79 Å². The summed E-state index contributed by atoms with van der Waals surface area (Å²) in [4.78, 5) is 17.6. The van der Waals surface area contributed by atoms with Crippen LogP contribution in [-0.4, -0.2) is 21.1 Å². The molecule has 0 bridgehead atoms. The number of hydrogen-bond donors (Lipinski definition) is 1. The third-order valence-electron chi connectivity index (χ3n) is 3.29. The summed E-state index contributed by atoms with van der Waals surface area (Å²) in [6.07, 6.45) is 0.866. The quantitative estimate of drug-likeness (QED) is 0.733. The smallest absolute Gasteiger partial charge is 0.269 e. The van der Waals surface area contributed by atoms with E-state index >= 15 is 0 Å². The molecule has 0 aliphatic heterocycles. The Balaban J connectivity index is 1.76. The molecule has 0 aliphatic rings. The first-order chi connectivity index (χ1) is 11.5. The highest BCUT2D eigenvalue weighted by Crippen LogP contribution is 2.28. The first kappa shape index (κ1) is 16.7. The Morgan fingerprint density at radius 3 is 2.62 bits per heavy atom. The monoisotopic (exact) mass is 358 g/mol. The molecule has 1 amide bonds. The van der Waals surface area contributed by atoms with Gasteiger partial charge in [0.1, 0.15) is 14.9 Å². The van der Waals surface area contributed by atoms with E-state index in [1.807, 2.05) is 37.3 Å². The molecule has 0 aliphatic carbocycles. The Labute approximate surface area is 148 Å². The number of nitrogens with zero attached hydrogens (tertiary/aromatic N) is 3. The zero-order valence-corrected chi connectivity index (χ0v) is 15.4. The van der Waals surface area contributed by atoms with Crippen LogP contribution in [0.4, 0.5) is 5.13 Å². The molecule has 7 heteroatoms. The summed E-state index contributed by atoms with van der Waals surface area (Å²) in [5, 5.41) is 13.3. The van der Waals surface area contributed by atoms with E-state index in [9.17, 15) is 4.79 Å². The number of nitrogens with one attached hydrogen (secondary N) is 1. The highest BCUT2D eigenvalue weighted by atomic mass is 32.1. The van der Waals surface area contributed by atoms with Crippen LogP contribution in [0.2, 0.25) is 0 Å². The van der Waals surface area contributed by atoms with Crippen LogP contribution < -0.4 is 5.32 Å². The molecule has 0 fully saturated rings. The maximum absolute atomic E-state index is 12.5. The number of aryl methyl sites for hydroxylation is 1. The Bertz CT molecular complexity index is 839. The lowest BCUT2D eigenvalue weighted by Crippen LogP contribution is -2.11. The fourth-order valence-electron chi connectivity index (χ4n) is 2.20. The number of carbonyl (C=O) groups excluding carboxylic acids is 1. The van der Waals surface area contributed by atoms with E-state index in [1.54, 1.807) is 0 Å². The molecule has 3 aromatic rings. The number of carbonyl (C=O) groups is 1. The normalized spacial score (nSPS) is 11.0. The van der Waals surface area contributed by atoms with Gasteiger partial charge in [-0.05, 0) is 12.8 Å². The van der Waals surface area contributed by atoms with Crippen LogP contribution in [0.3, 0.4) is 0 Å². The average Bonchev–Trinajstić information content (AvgIpc) is 3.14. The molecule has 0 saturated carbocycles. The van der Waals surface area contributed by atoms with Crippen molar-refractivity contribution in [3.63, 3.8) is 0 Å². The van der Waals surface area contributed by atoms with E-state index in [0.29, 0.717) is 15.9 Å². The summed E-state index contributed by atoms with van der Waals surface area (Å²) in [6.45, 7) is 6.11. The SMILES string of the molecule is Cc1nc(-c2ccccc2)sc1C(=O)Nc1nnc(CC(C)C)s1. The van der Waals surface area contributed by atoms with Gasteiger partial charge in [0.2, 0.25) is 5.13 Å². The standard InChI is InChI=1S/C17H18N4OS2/c1-10(2)9-13-20-21-17(23-13)19-15(22)14-11(3)18-16(24-14)12-7-5-4-6-8-12/h4-8,10H,9H2,1-3H3,(H,19,21,22). The first-order valence-electron chi connectivity index (χ1n) is 7.69. The predicted molar refractivity (Wildman–Crippen MR) is 98.7 cm³/mol. The molecular weight excluding hydrogens is 340 g/mol. The fraction of sp³-hybridized carbons (Fsp3) is 0.294. The van der Waals surface area contributed by atoms with Crippen molar-refractivity contribution in [3.8, 4) is 10.6 Å². The summed E-state index contributed by atoms with van der Waals surface area (Å²) < 4.78 is 0. The summed E-state index contributed by atoms with van der Waals surface area (Å²) >= 11 is 2.81. The van der Waals surface area contributed by atoms with Gasteiger partial charge in [-0.25, -0.2) is 4.98 Å². The first-order valence-corrected chi connectivity index (χ1v) is 9.33. The molecule has 2 aromatic heterocycles. The van der Waals surface area contributed by atoms with Gasteiger partial charge < -0.3 is 0 Å². The van der Waals surface area contributed by atoms with Gasteiger partial charge in [-0.3, -0.25) is 10.1 Å². The predicted octanol–water partition coefficient (Wildman–Crippen LogP) is 4.42. The van der Waals surface area contributed by atoms with Gasteiger partial charge in [0, 0.05) is 12.0 Å². The number of rotatable bonds is 5. The highest BCUT2D eigenvalue weighted by Gasteiger charge is 2.18. The minimum Gasteiger partial charge on any atom is -0.296 e. The van der Waals surface area contributed by atoms with Crippen molar-refractivity contribution >= 4 is 33.7 Å². The van der Waals surface area contributed by atoms with Gasteiger partial charge >= 0.3 is 0 Å². The second-order valence-corrected chi connectivity index (χ2v) is 7.91. The molecule has 0 saturated heterocycles. The molecular formula is C17H18N4OS2. The lowest BCUT2D eigenvalue weighted by molar-refractivity contribution is 0.102. The van der Waals surface area contributed by atoms with Crippen molar-refractivity contribution in [2.75, 3.05) is 5.32 Å². The molecule has 0 radical (unpaired) electrons. The van der Waals surface area contributed by atoms with Gasteiger partial charge in [0.05, 0.1) is 5.69 Å². The fourth-order valence-corrected chi connectivity index (χ4v) is 4.11. The number of anilines is 1. The van der Waals surface area contributed by atoms with E-state index in [1.165, 1.54) is 22.7 Å². The Morgan fingerprint density at radius 1 is 1.17 bits per heavy atom. The largest absolute Gasteiger partial charge is 0.296 e. The zero-order valence-electron chi connectivity index (χ0n) is 13.7. The van der Waals surface area contributed by atoms with Crippen LogP contribution in [0.25, 0.3) is 10.6 Å². The number of benzene rings is 1. The maximum Gasteiger partial charge on any atom is 0.269 e. The Morgan fingerprint density at radius 2 is 1.92 bits per heavy atom. The van der Waals surface area contributed by atoms with Gasteiger partial charge in [0.25, 0.3) is 5.91 Å². The van der Waals surface area contributed by atoms with Crippen molar-refractivity contribution in [3.05, 3.63) is 45.9 Å². The maximum atomic E-state index is 12.5. The van der Waals surface area contributed by atoms with E-state index in [4.69, 9.17) is 0 Å². The van der Waals surface area contributed by atoms with Crippen LogP contribution >= 0.6 is 22.7 Å². The lowest BCUT2D eigenvalue weighted by atomic mass is 10.1. The zero-order chi connectivity index (χ0) is 17.1. The van der Waals surface area contributed by atoms with Gasteiger partial charge in [-0.2, -0.15) is 0 Å². The van der Waals surface area contributed by atoms with Crippen LogP contribution in [0.5, 0.6) is 0 Å². The summed E-state index contributed by atoms with van der Waals surface area (Å²) in [5.74, 6) is 0.332. The molecule has 124 valence electrons. The third kappa shape index (κ3) is 3.85. The third-order valence-corrected chi connectivity index (χ3v) is 5.36. The average molecular weight is 358 g/mol. The molecule has 1 N–H and O–H groups in total. The van der Waals surface area contributed by atoms with Crippen molar-refractivity contribution in [1.29, 1.82) is 0 Å². The second kappa shape index (κ2) is 7.19. The molecule has 5 nitrogen and oxygen atoms in total. The Kier molecular flexibility index (Phi) is 5.01. The second-order valence-electron chi connectivity index (χ2n) is 5.85. The van der Waals surface area contributed by atoms with E-state index in [-0.39, 0.29) is 5.91 Å². The van der Waals surface area contributed by atoms with Crippen LogP contribution in [0.15, 0.2) is 30.3 Å². The molecule has 0 atom stereocenters. The van der Waals surface area contributed by atoms with Crippen molar-refractivity contribution in [2.24, 2.45) is 5.92 Å². The molecule has 0 spiro atoms. The van der Waals surface area contributed by atoms with Gasteiger partial charge in [-0.1, -0.05) is 55.5 Å². The number of aromatic nitrogens is 3. The van der Waals surface area contributed by atoms with Gasteiger partial charge in [-0.15, -0.1) is 21.5 Å². The Hall–Kier alpha value is -2.12. The number of amides is 1. The summed E-state index contributed by atoms with van der Waals surface area (Å²) in [5.41, 5.74) is 1.74. The number of thiazole rings is 1. The summed E-state index contributed by atoms with van der Waals surface area (Å²) in [6, 6.07) is 9.86.